The molecule has 2 fully saturated rings. The molecule has 2 nitrogen and oxygen atoms in total. The molecule has 0 amide bonds. The fraction of sp³-hybridized carbons (Fsp3) is 1.00. The van der Waals surface area contributed by atoms with Gasteiger partial charge in [0, 0.05) is 11.6 Å². The summed E-state index contributed by atoms with van der Waals surface area (Å²) in [7, 11) is 0. The minimum Gasteiger partial charge on any atom is -0.295 e. The minimum absolute atomic E-state index is 0.177. The standard InChI is InChI=1S/C11H21NO/c1-11(2,3)12-9-6-4-5-7-10(8-9)13-12/h9-10H,4-8H2,1-3H3/t9-,10+/m1/s1. The topological polar surface area (TPSA) is 12.5 Å². The summed E-state index contributed by atoms with van der Waals surface area (Å²) in [5, 5.41) is 2.25. The summed E-state index contributed by atoms with van der Waals surface area (Å²) in [5.74, 6) is 0. The van der Waals surface area contributed by atoms with Gasteiger partial charge in [-0.3, -0.25) is 4.84 Å². The number of hydrogen-bond acceptors (Lipinski definition) is 2. The average Bonchev–Trinajstić information content (AvgIpc) is 2.22. The molecular formula is C11H21NO. The van der Waals surface area contributed by atoms with Crippen molar-refractivity contribution in [3.05, 3.63) is 0 Å². The van der Waals surface area contributed by atoms with Gasteiger partial charge >= 0.3 is 0 Å². The van der Waals surface area contributed by atoms with E-state index in [0.29, 0.717) is 12.1 Å². The monoisotopic (exact) mass is 183 g/mol. The van der Waals surface area contributed by atoms with Crippen molar-refractivity contribution in [2.24, 2.45) is 0 Å². The first-order chi connectivity index (χ1) is 6.07. The van der Waals surface area contributed by atoms with Crippen LogP contribution in [0.5, 0.6) is 0 Å². The predicted octanol–water partition coefficient (Wildman–Crippen LogP) is 2.73. The van der Waals surface area contributed by atoms with Crippen molar-refractivity contribution in [2.75, 3.05) is 0 Å². The van der Waals surface area contributed by atoms with Crippen LogP contribution >= 0.6 is 0 Å². The van der Waals surface area contributed by atoms with Gasteiger partial charge in [0.05, 0.1) is 6.10 Å². The van der Waals surface area contributed by atoms with Crippen molar-refractivity contribution in [3.8, 4) is 0 Å². The summed E-state index contributed by atoms with van der Waals surface area (Å²) >= 11 is 0. The lowest BCUT2D eigenvalue weighted by Gasteiger charge is -2.35. The second kappa shape index (κ2) is 3.25. The Morgan fingerprint density at radius 1 is 1.15 bits per heavy atom. The zero-order valence-corrected chi connectivity index (χ0v) is 9.05. The van der Waals surface area contributed by atoms with E-state index in [1.54, 1.807) is 0 Å². The van der Waals surface area contributed by atoms with Gasteiger partial charge < -0.3 is 0 Å². The molecular weight excluding hydrogens is 162 g/mol. The van der Waals surface area contributed by atoms with Crippen LogP contribution in [-0.4, -0.2) is 22.7 Å². The molecule has 0 radical (unpaired) electrons. The lowest BCUT2D eigenvalue weighted by atomic mass is 10.0. The van der Waals surface area contributed by atoms with E-state index in [0.717, 1.165) is 0 Å². The van der Waals surface area contributed by atoms with Crippen LogP contribution in [0.15, 0.2) is 0 Å². The molecule has 1 saturated carbocycles. The molecule has 1 aliphatic carbocycles. The Morgan fingerprint density at radius 3 is 2.54 bits per heavy atom. The van der Waals surface area contributed by atoms with Gasteiger partial charge in [0.2, 0.25) is 0 Å². The maximum absolute atomic E-state index is 5.96. The first-order valence-corrected chi connectivity index (χ1v) is 5.53. The Kier molecular flexibility index (Phi) is 2.37. The number of nitrogens with zero attached hydrogens (tertiary/aromatic N) is 1. The summed E-state index contributed by atoms with van der Waals surface area (Å²) in [6, 6.07) is 0.687. The molecule has 0 N–H and O–H groups in total. The van der Waals surface area contributed by atoms with E-state index in [9.17, 15) is 0 Å². The van der Waals surface area contributed by atoms with Crippen LogP contribution in [-0.2, 0) is 4.84 Å². The van der Waals surface area contributed by atoms with Crippen molar-refractivity contribution >= 4 is 0 Å². The Labute approximate surface area is 81.2 Å². The molecule has 1 heterocycles. The van der Waals surface area contributed by atoms with Crippen molar-refractivity contribution in [2.45, 2.75) is 70.6 Å². The number of rotatable bonds is 0. The van der Waals surface area contributed by atoms with Crippen LogP contribution in [0.1, 0.15) is 52.9 Å². The quantitative estimate of drug-likeness (QED) is 0.572. The van der Waals surface area contributed by atoms with Crippen molar-refractivity contribution < 1.29 is 4.84 Å². The molecule has 2 heteroatoms. The number of fused-ring (bicyclic) bond motifs is 2. The first kappa shape index (κ1) is 9.47. The van der Waals surface area contributed by atoms with Gasteiger partial charge in [-0.15, -0.1) is 0 Å². The average molecular weight is 183 g/mol. The molecule has 2 bridgehead atoms. The Hall–Kier alpha value is -0.0800. The SMILES string of the molecule is CC(C)(C)N1O[C@H]2CCCC[C@@H]1C2. The molecule has 2 atom stereocenters. The van der Waals surface area contributed by atoms with E-state index in [-0.39, 0.29) is 5.54 Å². The zero-order chi connectivity index (χ0) is 9.47. The summed E-state index contributed by atoms with van der Waals surface area (Å²) < 4.78 is 0. The highest BCUT2D eigenvalue weighted by Crippen LogP contribution is 2.36. The fourth-order valence-electron chi connectivity index (χ4n) is 2.55. The van der Waals surface area contributed by atoms with Crippen LogP contribution in [0, 0.1) is 0 Å². The Morgan fingerprint density at radius 2 is 1.85 bits per heavy atom. The minimum atomic E-state index is 0.177. The summed E-state index contributed by atoms with van der Waals surface area (Å²) in [5.41, 5.74) is 0.177. The molecule has 76 valence electrons. The highest BCUT2D eigenvalue weighted by Gasteiger charge is 2.40. The molecule has 0 aromatic carbocycles. The number of hydroxylamine groups is 2. The van der Waals surface area contributed by atoms with E-state index in [1.165, 1.54) is 32.1 Å². The molecule has 0 aromatic heterocycles. The fourth-order valence-corrected chi connectivity index (χ4v) is 2.55. The Bertz CT molecular complexity index is 185. The molecule has 2 aliphatic rings. The van der Waals surface area contributed by atoms with E-state index < -0.39 is 0 Å². The maximum Gasteiger partial charge on any atom is 0.0809 e. The summed E-state index contributed by atoms with van der Waals surface area (Å²) in [6.07, 6.45) is 7.12. The maximum atomic E-state index is 5.96. The van der Waals surface area contributed by atoms with Crippen molar-refractivity contribution in [3.63, 3.8) is 0 Å². The summed E-state index contributed by atoms with van der Waals surface area (Å²) in [6.45, 7) is 6.72. The smallest absolute Gasteiger partial charge is 0.0809 e. The third-order valence-corrected chi connectivity index (χ3v) is 3.10. The van der Waals surface area contributed by atoms with Crippen LogP contribution in [0.25, 0.3) is 0 Å². The third-order valence-electron chi connectivity index (χ3n) is 3.10. The molecule has 0 spiro atoms. The second-order valence-electron chi connectivity index (χ2n) is 5.40. The lowest BCUT2D eigenvalue weighted by molar-refractivity contribution is -0.217. The van der Waals surface area contributed by atoms with Gasteiger partial charge in [0.1, 0.15) is 0 Å². The van der Waals surface area contributed by atoms with Gasteiger partial charge in [-0.05, 0) is 40.0 Å². The number of hydrogen-bond donors (Lipinski definition) is 0. The van der Waals surface area contributed by atoms with Crippen molar-refractivity contribution in [1.82, 2.24) is 5.06 Å². The van der Waals surface area contributed by atoms with Gasteiger partial charge in [-0.25, -0.2) is 0 Å². The van der Waals surface area contributed by atoms with E-state index in [2.05, 4.69) is 25.8 Å². The van der Waals surface area contributed by atoms with Crippen LogP contribution < -0.4 is 0 Å². The van der Waals surface area contributed by atoms with E-state index in [1.807, 2.05) is 0 Å². The van der Waals surface area contributed by atoms with Gasteiger partial charge in [0.15, 0.2) is 0 Å². The van der Waals surface area contributed by atoms with E-state index >= 15 is 0 Å². The van der Waals surface area contributed by atoms with Crippen LogP contribution in [0.4, 0.5) is 0 Å². The highest BCUT2D eigenvalue weighted by molar-refractivity contribution is 4.87. The molecule has 1 aliphatic heterocycles. The summed E-state index contributed by atoms with van der Waals surface area (Å²) in [4.78, 5) is 5.96. The van der Waals surface area contributed by atoms with E-state index in [4.69, 9.17) is 4.84 Å². The molecule has 0 unspecified atom stereocenters. The van der Waals surface area contributed by atoms with Crippen molar-refractivity contribution in [1.29, 1.82) is 0 Å². The second-order valence-corrected chi connectivity index (χ2v) is 5.40. The van der Waals surface area contributed by atoms with Crippen LogP contribution in [0.2, 0.25) is 0 Å². The third kappa shape index (κ3) is 1.89. The lowest BCUT2D eigenvalue weighted by Crippen LogP contribution is -2.44. The molecule has 0 aromatic rings. The zero-order valence-electron chi connectivity index (χ0n) is 9.05. The molecule has 2 rings (SSSR count). The molecule has 13 heavy (non-hydrogen) atoms. The van der Waals surface area contributed by atoms with Gasteiger partial charge in [-0.1, -0.05) is 12.8 Å². The largest absolute Gasteiger partial charge is 0.295 e. The predicted molar refractivity (Wildman–Crippen MR) is 53.3 cm³/mol. The van der Waals surface area contributed by atoms with Gasteiger partial charge in [0.25, 0.3) is 0 Å². The highest BCUT2D eigenvalue weighted by atomic mass is 16.7. The normalized spacial score (nSPS) is 36.2. The van der Waals surface area contributed by atoms with Crippen LogP contribution in [0.3, 0.4) is 0 Å². The molecule has 1 saturated heterocycles. The first-order valence-electron chi connectivity index (χ1n) is 5.53. The van der Waals surface area contributed by atoms with Gasteiger partial charge in [-0.2, -0.15) is 5.06 Å². The Balaban J connectivity index is 2.08.